The molecule has 6 rings (SSSR count). The molecule has 0 bridgehead atoms. The first kappa shape index (κ1) is 31.7. The van der Waals surface area contributed by atoms with Crippen LogP contribution in [0.5, 0.6) is 11.6 Å². The van der Waals surface area contributed by atoms with E-state index in [9.17, 15) is 18.3 Å². The first-order valence-corrected chi connectivity index (χ1v) is 16.8. The molecule has 2 aliphatic heterocycles. The number of rotatable bonds is 8. The predicted molar refractivity (Wildman–Crippen MR) is 179 cm³/mol. The van der Waals surface area contributed by atoms with Gasteiger partial charge in [0.25, 0.3) is 0 Å². The molecule has 2 aromatic carbocycles. The zero-order valence-corrected chi connectivity index (χ0v) is 26.4. The molecule has 13 heteroatoms. The van der Waals surface area contributed by atoms with Crippen molar-refractivity contribution >= 4 is 34.1 Å². The lowest BCUT2D eigenvalue weighted by molar-refractivity contribution is 0.199. The lowest BCUT2D eigenvalue weighted by Crippen LogP contribution is -2.49. The van der Waals surface area contributed by atoms with Crippen molar-refractivity contribution in [2.45, 2.75) is 38.8 Å². The van der Waals surface area contributed by atoms with Gasteiger partial charge in [-0.25, -0.2) is 18.9 Å². The van der Waals surface area contributed by atoms with Crippen LogP contribution in [-0.2, 0) is 6.54 Å². The molecular formula is C33H38FN7O4S. The molecule has 0 spiro atoms. The highest BCUT2D eigenvalue weighted by Gasteiger charge is 2.30. The molecule has 4 heterocycles. The number of hydrogen-bond acceptors (Lipinski definition) is 9. The Morgan fingerprint density at radius 2 is 1.85 bits per heavy atom. The number of aromatic nitrogens is 2. The van der Waals surface area contributed by atoms with Crippen LogP contribution in [0.3, 0.4) is 0 Å². The summed E-state index contributed by atoms with van der Waals surface area (Å²) in [7, 11) is -3.01. The fourth-order valence-electron chi connectivity index (χ4n) is 5.72. The van der Waals surface area contributed by atoms with Crippen LogP contribution < -0.4 is 24.0 Å². The Kier molecular flexibility index (Phi) is 9.66. The number of amides is 2. The summed E-state index contributed by atoms with van der Waals surface area (Å²) in [5.41, 5.74) is 3.70. The van der Waals surface area contributed by atoms with Gasteiger partial charge in [-0.1, -0.05) is 23.1 Å². The molecule has 0 aliphatic carbocycles. The van der Waals surface area contributed by atoms with Crippen molar-refractivity contribution < 1.29 is 23.0 Å². The summed E-state index contributed by atoms with van der Waals surface area (Å²) in [6.45, 7) is 5.23. The Hall–Kier alpha value is -4.27. The van der Waals surface area contributed by atoms with Gasteiger partial charge >= 0.3 is 6.03 Å². The molecule has 0 radical (unpaired) electrons. The highest BCUT2D eigenvalue weighted by molar-refractivity contribution is 8.23. The second kappa shape index (κ2) is 14.0. The van der Waals surface area contributed by atoms with Gasteiger partial charge in [0.1, 0.15) is 11.6 Å². The first-order chi connectivity index (χ1) is 22.2. The molecule has 2 aliphatic rings. The maximum Gasteiger partial charge on any atom is 0.326 e. The van der Waals surface area contributed by atoms with Crippen molar-refractivity contribution in [1.82, 2.24) is 19.6 Å². The first-order valence-electron chi connectivity index (χ1n) is 15.3. The number of halogens is 1. The fraction of sp³-hybridized carbons (Fsp3) is 0.303. The Morgan fingerprint density at radius 1 is 1.04 bits per heavy atom. The van der Waals surface area contributed by atoms with E-state index in [0.717, 1.165) is 43.6 Å². The minimum atomic E-state index is -3.01. The van der Waals surface area contributed by atoms with E-state index in [1.165, 1.54) is 12.1 Å². The molecule has 2 aromatic heterocycles. The van der Waals surface area contributed by atoms with E-state index in [2.05, 4.69) is 24.9 Å². The Morgan fingerprint density at radius 3 is 2.52 bits per heavy atom. The predicted octanol–water partition coefficient (Wildman–Crippen LogP) is 6.80. The van der Waals surface area contributed by atoms with E-state index in [-0.39, 0.29) is 12.1 Å². The molecule has 0 saturated carbocycles. The SMILES string of the molecule is Cc1ccc(NC(=O)N(c2cccc(F)c2)C2CCN(Cc3ccc(Oc4ccc(N5CCCNS5(O)O)cc4)nc3)CC2)cn1. The topological polar surface area (TPSA) is 126 Å². The number of benzene rings is 2. The summed E-state index contributed by atoms with van der Waals surface area (Å²) >= 11 is 0. The van der Waals surface area contributed by atoms with Crippen LogP contribution in [0.15, 0.2) is 85.2 Å². The van der Waals surface area contributed by atoms with Crippen LogP contribution in [0, 0.1) is 12.7 Å². The van der Waals surface area contributed by atoms with Gasteiger partial charge in [-0.05, 0) is 86.3 Å². The van der Waals surface area contributed by atoms with Gasteiger partial charge in [0, 0.05) is 62.4 Å². The lowest BCUT2D eigenvalue weighted by Gasteiger charge is -2.47. The van der Waals surface area contributed by atoms with Gasteiger partial charge < -0.3 is 10.1 Å². The molecule has 4 N–H and O–H groups in total. The quantitative estimate of drug-likeness (QED) is 0.163. The second-order valence-corrected chi connectivity index (χ2v) is 13.2. The monoisotopic (exact) mass is 647 g/mol. The van der Waals surface area contributed by atoms with Crippen molar-refractivity contribution in [3.8, 4) is 11.6 Å². The van der Waals surface area contributed by atoms with Crippen LogP contribution >= 0.6 is 11.0 Å². The number of aryl methyl sites for hydroxylation is 1. The number of anilines is 3. The van der Waals surface area contributed by atoms with Crippen LogP contribution in [0.4, 0.5) is 26.2 Å². The van der Waals surface area contributed by atoms with Gasteiger partial charge in [-0.3, -0.25) is 28.2 Å². The fourth-order valence-corrected chi connectivity index (χ4v) is 7.09. The van der Waals surface area contributed by atoms with Gasteiger partial charge in [0.15, 0.2) is 0 Å². The molecule has 11 nitrogen and oxygen atoms in total. The second-order valence-electron chi connectivity index (χ2n) is 11.4. The minimum Gasteiger partial charge on any atom is -0.439 e. The van der Waals surface area contributed by atoms with Crippen molar-refractivity contribution in [3.05, 3.63) is 102 Å². The van der Waals surface area contributed by atoms with Gasteiger partial charge in [-0.2, -0.15) is 0 Å². The number of ether oxygens (including phenoxy) is 1. The summed E-state index contributed by atoms with van der Waals surface area (Å²) in [5.74, 6) is 0.662. The van der Waals surface area contributed by atoms with Crippen LogP contribution in [0.2, 0.25) is 0 Å². The number of hydrogen-bond donors (Lipinski definition) is 4. The summed E-state index contributed by atoms with van der Waals surface area (Å²) in [5, 5.41) is 2.92. The van der Waals surface area contributed by atoms with Gasteiger partial charge in [0.05, 0.1) is 17.6 Å². The number of nitrogens with one attached hydrogen (secondary N) is 2. The molecule has 2 amide bonds. The normalized spacial score (nSPS) is 17.7. The molecule has 4 aromatic rings. The van der Waals surface area contributed by atoms with E-state index in [4.69, 9.17) is 4.74 Å². The Balaban J connectivity index is 1.04. The Bertz CT molecular complexity index is 1620. The molecule has 242 valence electrons. The van der Waals surface area contributed by atoms with Crippen molar-refractivity contribution in [2.24, 2.45) is 0 Å². The van der Waals surface area contributed by atoms with Crippen LogP contribution in [0.25, 0.3) is 0 Å². The van der Waals surface area contributed by atoms with E-state index in [0.29, 0.717) is 48.3 Å². The number of piperidine rings is 1. The molecule has 2 saturated heterocycles. The molecular weight excluding hydrogens is 609 g/mol. The highest BCUT2D eigenvalue weighted by atomic mass is 32.3. The van der Waals surface area contributed by atoms with E-state index in [1.54, 1.807) is 64.1 Å². The van der Waals surface area contributed by atoms with E-state index in [1.807, 2.05) is 25.1 Å². The molecule has 0 unspecified atom stereocenters. The number of nitrogens with zero attached hydrogens (tertiary/aromatic N) is 5. The summed E-state index contributed by atoms with van der Waals surface area (Å²) in [6.07, 6.45) is 5.69. The van der Waals surface area contributed by atoms with Crippen LogP contribution in [-0.4, -0.2) is 62.2 Å². The zero-order valence-electron chi connectivity index (χ0n) is 25.6. The summed E-state index contributed by atoms with van der Waals surface area (Å²) in [6, 6.07) is 20.3. The number of pyridine rings is 2. The van der Waals surface area contributed by atoms with Crippen LogP contribution in [0.1, 0.15) is 30.5 Å². The number of carbonyl (C=O) groups excluding carboxylic acids is 1. The number of urea groups is 1. The summed E-state index contributed by atoms with van der Waals surface area (Å²) in [4.78, 5) is 26.2. The average molecular weight is 648 g/mol. The highest BCUT2D eigenvalue weighted by Crippen LogP contribution is 2.44. The standard InChI is InChI=1S/C33H38FN7O4S/c1-24-6-8-27(22-35-24)38-33(42)41(30-5-2-4-26(34)20-30)29-14-18-39(19-15-29)23-25-7-13-32(36-21-25)45-31-11-9-28(10-12-31)40-17-3-16-37-46(40,43)44/h2,4-13,20-22,29,37,43-44H,3,14-19,23H2,1H3,(H,38,42). The zero-order chi connectivity index (χ0) is 32.1. The summed E-state index contributed by atoms with van der Waals surface area (Å²) < 4.78 is 45.0. The third-order valence-electron chi connectivity index (χ3n) is 8.08. The van der Waals surface area contributed by atoms with E-state index >= 15 is 0 Å². The number of carbonyl (C=O) groups is 1. The maximum absolute atomic E-state index is 14.2. The maximum atomic E-state index is 14.2. The lowest BCUT2D eigenvalue weighted by atomic mass is 10.0. The van der Waals surface area contributed by atoms with Gasteiger partial charge in [0.2, 0.25) is 5.88 Å². The van der Waals surface area contributed by atoms with E-state index < -0.39 is 16.8 Å². The molecule has 46 heavy (non-hydrogen) atoms. The third kappa shape index (κ3) is 7.74. The molecule has 2 fully saturated rings. The minimum absolute atomic E-state index is 0.101. The Labute approximate surface area is 269 Å². The number of likely N-dealkylation sites (tertiary alicyclic amines) is 1. The third-order valence-corrected chi connectivity index (χ3v) is 9.68. The van der Waals surface area contributed by atoms with Crippen molar-refractivity contribution in [3.63, 3.8) is 0 Å². The van der Waals surface area contributed by atoms with Crippen molar-refractivity contribution in [1.29, 1.82) is 0 Å². The van der Waals surface area contributed by atoms with Gasteiger partial charge in [-0.15, -0.1) is 0 Å². The largest absolute Gasteiger partial charge is 0.439 e. The molecule has 0 atom stereocenters. The van der Waals surface area contributed by atoms with Crippen molar-refractivity contribution in [2.75, 3.05) is 40.7 Å². The average Bonchev–Trinajstić information content (AvgIpc) is 3.04. The smallest absolute Gasteiger partial charge is 0.326 e.